The predicted octanol–water partition coefficient (Wildman–Crippen LogP) is 2.84. The molecular weight excluding hydrogens is 372 g/mol. The summed E-state index contributed by atoms with van der Waals surface area (Å²) in [5, 5.41) is 14.6. The van der Waals surface area contributed by atoms with Gasteiger partial charge in [-0.3, -0.25) is 4.90 Å². The average Bonchev–Trinajstić information content (AvgIpc) is 3.13. The van der Waals surface area contributed by atoms with Crippen LogP contribution in [0.5, 0.6) is 0 Å². The molecular formula is C21H30N4O2S. The topological polar surface area (TPSA) is 70.5 Å². The summed E-state index contributed by atoms with van der Waals surface area (Å²) in [6.07, 6.45) is 9.69. The van der Waals surface area contributed by atoms with Gasteiger partial charge in [-0.05, 0) is 56.4 Å². The third-order valence-electron chi connectivity index (χ3n) is 6.80. The van der Waals surface area contributed by atoms with Crippen molar-refractivity contribution in [1.82, 2.24) is 14.9 Å². The van der Waals surface area contributed by atoms with Gasteiger partial charge in [0.1, 0.15) is 17.0 Å². The number of nitrogens with one attached hydrogen (secondary N) is 1. The van der Waals surface area contributed by atoms with E-state index in [9.17, 15) is 5.11 Å². The summed E-state index contributed by atoms with van der Waals surface area (Å²) in [6, 6.07) is 1.20. The summed E-state index contributed by atoms with van der Waals surface area (Å²) in [5.41, 5.74) is 1.38. The Labute approximate surface area is 170 Å². The van der Waals surface area contributed by atoms with Crippen LogP contribution in [-0.2, 0) is 17.6 Å². The number of hydrogen-bond donors (Lipinski definition) is 2. The average molecular weight is 403 g/mol. The molecule has 2 fully saturated rings. The lowest BCUT2D eigenvalue weighted by atomic mass is 9.87. The summed E-state index contributed by atoms with van der Waals surface area (Å²) in [5.74, 6) is 1.39. The van der Waals surface area contributed by atoms with E-state index in [1.165, 1.54) is 41.5 Å². The molecule has 3 heterocycles. The lowest BCUT2D eigenvalue weighted by molar-refractivity contribution is 0.00791. The Morgan fingerprint density at radius 1 is 1.14 bits per heavy atom. The summed E-state index contributed by atoms with van der Waals surface area (Å²) in [4.78, 5) is 14.3. The van der Waals surface area contributed by atoms with Gasteiger partial charge in [0.25, 0.3) is 0 Å². The summed E-state index contributed by atoms with van der Waals surface area (Å²) < 4.78 is 5.50. The highest BCUT2D eigenvalue weighted by atomic mass is 32.1. The molecule has 2 aromatic heterocycles. The van der Waals surface area contributed by atoms with Crippen molar-refractivity contribution in [2.45, 2.75) is 57.0 Å². The van der Waals surface area contributed by atoms with Crippen LogP contribution in [0.2, 0.25) is 0 Å². The van der Waals surface area contributed by atoms with E-state index in [-0.39, 0.29) is 6.61 Å². The fourth-order valence-electron chi connectivity index (χ4n) is 5.17. The minimum atomic E-state index is 0.277. The Hall–Kier alpha value is -1.28. The SMILES string of the molecule is OC[C@H]1CCc2sc3ncnc(N[C@H]4CC[C@H](N5CCOCC5)CC4)c3c2C1. The maximum Gasteiger partial charge on any atom is 0.138 e. The molecule has 0 bridgehead atoms. The van der Waals surface area contributed by atoms with Crippen LogP contribution in [0, 0.1) is 5.92 Å². The van der Waals surface area contributed by atoms with E-state index in [1.807, 2.05) is 11.3 Å². The molecule has 0 radical (unpaired) electrons. The van der Waals surface area contributed by atoms with E-state index in [1.54, 1.807) is 6.33 Å². The van der Waals surface area contributed by atoms with Gasteiger partial charge in [-0.2, -0.15) is 0 Å². The number of anilines is 1. The number of hydrogen-bond acceptors (Lipinski definition) is 7. The molecule has 2 N–H and O–H groups in total. The van der Waals surface area contributed by atoms with Crippen LogP contribution < -0.4 is 5.32 Å². The zero-order valence-electron chi connectivity index (χ0n) is 16.4. The molecule has 0 amide bonds. The van der Waals surface area contributed by atoms with Crippen molar-refractivity contribution >= 4 is 27.4 Å². The van der Waals surface area contributed by atoms with E-state index in [2.05, 4.69) is 20.2 Å². The van der Waals surface area contributed by atoms with Gasteiger partial charge in [0.05, 0.1) is 18.6 Å². The van der Waals surface area contributed by atoms with Crippen LogP contribution in [0.1, 0.15) is 42.5 Å². The van der Waals surface area contributed by atoms with Crippen LogP contribution in [0.3, 0.4) is 0 Å². The first-order chi connectivity index (χ1) is 13.8. The molecule has 1 atom stereocenters. The largest absolute Gasteiger partial charge is 0.396 e. The van der Waals surface area contributed by atoms with Crippen molar-refractivity contribution in [1.29, 1.82) is 0 Å². The molecule has 3 aliphatic rings. The van der Waals surface area contributed by atoms with Gasteiger partial charge in [-0.1, -0.05) is 0 Å². The van der Waals surface area contributed by atoms with Gasteiger partial charge in [-0.15, -0.1) is 11.3 Å². The maximum absolute atomic E-state index is 9.63. The number of aliphatic hydroxyl groups excluding tert-OH is 1. The highest BCUT2D eigenvalue weighted by Gasteiger charge is 2.29. The van der Waals surface area contributed by atoms with E-state index >= 15 is 0 Å². The van der Waals surface area contributed by atoms with E-state index in [0.29, 0.717) is 18.0 Å². The molecule has 0 spiro atoms. The van der Waals surface area contributed by atoms with Crippen LogP contribution >= 0.6 is 11.3 Å². The fourth-order valence-corrected chi connectivity index (χ4v) is 6.35. The third kappa shape index (κ3) is 3.65. The first-order valence-corrected chi connectivity index (χ1v) is 11.6. The number of nitrogens with zero attached hydrogens (tertiary/aromatic N) is 3. The van der Waals surface area contributed by atoms with Crippen molar-refractivity contribution in [2.75, 3.05) is 38.2 Å². The molecule has 0 aromatic carbocycles. The number of ether oxygens (including phenoxy) is 1. The highest BCUT2D eigenvalue weighted by molar-refractivity contribution is 7.19. The minimum Gasteiger partial charge on any atom is -0.396 e. The van der Waals surface area contributed by atoms with E-state index < -0.39 is 0 Å². The number of aryl methyl sites for hydroxylation is 1. The smallest absolute Gasteiger partial charge is 0.138 e. The number of aliphatic hydroxyl groups is 1. The Bertz CT molecular complexity index is 812. The van der Waals surface area contributed by atoms with Crippen LogP contribution in [-0.4, -0.2) is 65.0 Å². The van der Waals surface area contributed by atoms with Gasteiger partial charge in [0.15, 0.2) is 0 Å². The normalized spacial score (nSPS) is 29.0. The standard InChI is InChI=1S/C21H30N4O2S/c26-12-14-1-6-18-17(11-14)19-20(22-13-23-21(19)28-18)24-15-2-4-16(5-3-15)25-7-9-27-10-8-25/h13-16,26H,1-12H2,(H,22,23,24)/t14-,15-,16-/m0/s1. The number of thiophene rings is 1. The van der Waals surface area contributed by atoms with Crippen molar-refractivity contribution in [3.63, 3.8) is 0 Å². The number of aromatic nitrogens is 2. The molecule has 1 aliphatic heterocycles. The molecule has 7 heteroatoms. The van der Waals surface area contributed by atoms with Crippen molar-refractivity contribution < 1.29 is 9.84 Å². The van der Waals surface area contributed by atoms with E-state index in [0.717, 1.165) is 56.2 Å². The van der Waals surface area contributed by atoms with E-state index in [4.69, 9.17) is 4.74 Å². The molecule has 1 saturated carbocycles. The Kier molecular flexibility index (Phi) is 5.50. The molecule has 2 aromatic rings. The molecule has 1 saturated heterocycles. The maximum atomic E-state index is 9.63. The predicted molar refractivity (Wildman–Crippen MR) is 112 cm³/mol. The summed E-state index contributed by atoms with van der Waals surface area (Å²) >= 11 is 1.82. The highest BCUT2D eigenvalue weighted by Crippen LogP contribution is 2.40. The molecule has 2 aliphatic carbocycles. The number of fused-ring (bicyclic) bond motifs is 3. The first-order valence-electron chi connectivity index (χ1n) is 10.8. The van der Waals surface area contributed by atoms with Crippen molar-refractivity contribution in [3.05, 3.63) is 16.8 Å². The Balaban J connectivity index is 1.30. The lowest BCUT2D eigenvalue weighted by Gasteiger charge is -2.39. The van der Waals surface area contributed by atoms with Gasteiger partial charge in [0.2, 0.25) is 0 Å². The van der Waals surface area contributed by atoms with Gasteiger partial charge < -0.3 is 15.2 Å². The second-order valence-electron chi connectivity index (χ2n) is 8.50. The van der Waals surface area contributed by atoms with Crippen LogP contribution in [0.15, 0.2) is 6.33 Å². The van der Waals surface area contributed by atoms with Gasteiger partial charge in [-0.25, -0.2) is 9.97 Å². The van der Waals surface area contributed by atoms with Crippen molar-refractivity contribution in [3.8, 4) is 0 Å². The zero-order chi connectivity index (χ0) is 18.9. The minimum absolute atomic E-state index is 0.277. The number of morpholine rings is 1. The van der Waals surface area contributed by atoms with Crippen LogP contribution in [0.4, 0.5) is 5.82 Å². The van der Waals surface area contributed by atoms with Crippen molar-refractivity contribution in [2.24, 2.45) is 5.92 Å². The number of rotatable bonds is 4. The molecule has 28 heavy (non-hydrogen) atoms. The first kappa shape index (κ1) is 18.7. The summed E-state index contributed by atoms with van der Waals surface area (Å²) in [6.45, 7) is 4.22. The second kappa shape index (κ2) is 8.22. The monoisotopic (exact) mass is 402 g/mol. The quantitative estimate of drug-likeness (QED) is 0.820. The fraction of sp³-hybridized carbons (Fsp3) is 0.714. The van der Waals surface area contributed by atoms with Gasteiger partial charge >= 0.3 is 0 Å². The second-order valence-corrected chi connectivity index (χ2v) is 9.58. The molecule has 6 nitrogen and oxygen atoms in total. The summed E-state index contributed by atoms with van der Waals surface area (Å²) in [7, 11) is 0. The zero-order valence-corrected chi connectivity index (χ0v) is 17.2. The third-order valence-corrected chi connectivity index (χ3v) is 8.00. The van der Waals surface area contributed by atoms with Gasteiger partial charge in [0, 0.05) is 36.7 Å². The molecule has 0 unspecified atom stereocenters. The molecule has 152 valence electrons. The Morgan fingerprint density at radius 3 is 2.75 bits per heavy atom. The lowest BCUT2D eigenvalue weighted by Crippen LogP contribution is -2.46. The molecule has 5 rings (SSSR count). The van der Waals surface area contributed by atoms with Crippen LogP contribution in [0.25, 0.3) is 10.2 Å². The Morgan fingerprint density at radius 2 is 1.96 bits per heavy atom.